The predicted molar refractivity (Wildman–Crippen MR) is 199 cm³/mol. The molecular weight excluding hydrogens is 719 g/mol. The Morgan fingerprint density at radius 3 is 1.78 bits per heavy atom. The molecule has 2 amide bonds. The van der Waals surface area contributed by atoms with Crippen molar-refractivity contribution in [1.82, 2.24) is 4.90 Å². The van der Waals surface area contributed by atoms with Crippen LogP contribution in [0, 0.1) is 0 Å². The van der Waals surface area contributed by atoms with Gasteiger partial charge in [-0.15, -0.1) is 0 Å². The second-order valence-electron chi connectivity index (χ2n) is 14.4. The summed E-state index contributed by atoms with van der Waals surface area (Å²) in [5.74, 6) is 0.209. The molecule has 5 nitrogen and oxygen atoms in total. The SMILES string of the molecule is CCCCCCCCCCCCCCCCOc1ccc(C(=O)N(Cc2cccc[n+]2CCC)C(=O)c2ccccc2)cc1C(C)(C)C.[I-]. The van der Waals surface area contributed by atoms with Gasteiger partial charge in [0.15, 0.2) is 6.20 Å². The van der Waals surface area contributed by atoms with Gasteiger partial charge in [0.25, 0.3) is 11.8 Å². The normalized spacial score (nSPS) is 11.2. The molecule has 270 valence electrons. The van der Waals surface area contributed by atoms with E-state index in [4.69, 9.17) is 4.74 Å². The van der Waals surface area contributed by atoms with Crippen molar-refractivity contribution in [1.29, 1.82) is 0 Å². The maximum absolute atomic E-state index is 14.2. The van der Waals surface area contributed by atoms with E-state index in [0.717, 1.165) is 36.4 Å². The van der Waals surface area contributed by atoms with E-state index in [0.29, 0.717) is 17.7 Å². The topological polar surface area (TPSA) is 50.5 Å². The first-order valence-corrected chi connectivity index (χ1v) is 18.9. The molecule has 0 N–H and O–H groups in total. The quantitative estimate of drug-likeness (QED) is 0.0449. The molecule has 1 heterocycles. The van der Waals surface area contributed by atoms with Crippen molar-refractivity contribution >= 4 is 11.8 Å². The molecule has 0 aliphatic carbocycles. The number of nitrogens with zero attached hydrogens (tertiary/aromatic N) is 2. The first kappa shape index (κ1) is 42.4. The number of hydrogen-bond donors (Lipinski definition) is 0. The maximum atomic E-state index is 14.2. The van der Waals surface area contributed by atoms with Gasteiger partial charge in [0, 0.05) is 35.2 Å². The van der Waals surface area contributed by atoms with E-state index in [1.165, 1.54) is 88.4 Å². The van der Waals surface area contributed by atoms with Gasteiger partial charge in [-0.3, -0.25) is 14.5 Å². The van der Waals surface area contributed by atoms with Crippen LogP contribution in [0.15, 0.2) is 72.9 Å². The molecule has 0 spiro atoms. The van der Waals surface area contributed by atoms with Crippen molar-refractivity contribution in [3.05, 3.63) is 95.3 Å². The van der Waals surface area contributed by atoms with E-state index in [2.05, 4.69) is 39.2 Å². The third kappa shape index (κ3) is 15.0. The fourth-order valence-corrected chi connectivity index (χ4v) is 6.26. The average molecular weight is 783 g/mol. The highest BCUT2D eigenvalue weighted by atomic mass is 127. The Morgan fingerprint density at radius 2 is 1.20 bits per heavy atom. The number of pyridine rings is 1. The van der Waals surface area contributed by atoms with Crippen LogP contribution in [0.25, 0.3) is 0 Å². The van der Waals surface area contributed by atoms with Gasteiger partial charge in [0.2, 0.25) is 5.69 Å². The van der Waals surface area contributed by atoms with Crippen molar-refractivity contribution in [3.63, 3.8) is 0 Å². The highest BCUT2D eigenvalue weighted by Gasteiger charge is 2.29. The summed E-state index contributed by atoms with van der Waals surface area (Å²) in [5.41, 5.74) is 2.64. The van der Waals surface area contributed by atoms with Crippen molar-refractivity contribution in [3.8, 4) is 5.75 Å². The Balaban J connectivity index is 0.00000833. The van der Waals surface area contributed by atoms with E-state index >= 15 is 0 Å². The lowest BCUT2D eigenvalue weighted by Crippen LogP contribution is -3.00. The number of aromatic nitrogens is 1. The van der Waals surface area contributed by atoms with Crippen LogP contribution in [0.4, 0.5) is 0 Å². The standard InChI is InChI=1S/C43H63N2O3.HI/c1-6-8-9-10-11-12-13-14-15-16-17-18-19-25-33-48-40-30-29-37(34-39(40)43(3,4)5)42(47)45(41(46)36-26-21-20-22-27-36)35-38-28-23-24-32-44(38)31-7-2;/h20-24,26-30,32,34H,6-19,25,31,33,35H2,1-5H3;1H/q+1;/p-1. The molecule has 1 aromatic heterocycles. The Hall–Kier alpha value is -2.74. The van der Waals surface area contributed by atoms with Crippen LogP contribution in [-0.4, -0.2) is 23.3 Å². The molecule has 0 aliphatic heterocycles. The molecule has 0 saturated carbocycles. The summed E-state index contributed by atoms with van der Waals surface area (Å²) in [5, 5.41) is 0. The number of halogens is 1. The second kappa shape index (κ2) is 23.6. The number of imide groups is 1. The molecule has 6 heteroatoms. The van der Waals surface area contributed by atoms with Crippen LogP contribution in [-0.2, 0) is 18.5 Å². The molecule has 49 heavy (non-hydrogen) atoms. The number of ether oxygens (including phenoxy) is 1. The Bertz CT molecular complexity index is 1370. The molecule has 0 saturated heterocycles. The molecule has 0 radical (unpaired) electrons. The van der Waals surface area contributed by atoms with E-state index in [1.54, 1.807) is 12.1 Å². The number of carbonyl (C=O) groups is 2. The number of benzene rings is 2. The Morgan fingerprint density at radius 1 is 0.653 bits per heavy atom. The number of rotatable bonds is 22. The molecule has 0 unspecified atom stereocenters. The first-order valence-electron chi connectivity index (χ1n) is 18.9. The van der Waals surface area contributed by atoms with E-state index in [1.807, 2.05) is 60.8 Å². The van der Waals surface area contributed by atoms with Gasteiger partial charge in [-0.1, -0.05) is 142 Å². The van der Waals surface area contributed by atoms with E-state index < -0.39 is 0 Å². The molecule has 0 aliphatic rings. The van der Waals surface area contributed by atoms with Gasteiger partial charge in [0.1, 0.15) is 18.8 Å². The zero-order valence-electron chi connectivity index (χ0n) is 31.2. The fourth-order valence-electron chi connectivity index (χ4n) is 6.26. The van der Waals surface area contributed by atoms with E-state index in [9.17, 15) is 9.59 Å². The second-order valence-corrected chi connectivity index (χ2v) is 14.4. The summed E-state index contributed by atoms with van der Waals surface area (Å²) in [7, 11) is 0. The third-order valence-electron chi connectivity index (χ3n) is 9.12. The van der Waals surface area contributed by atoms with Gasteiger partial charge in [-0.05, 0) is 42.2 Å². The van der Waals surface area contributed by atoms with Crippen LogP contribution in [0.1, 0.15) is 163 Å². The van der Waals surface area contributed by atoms with E-state index in [-0.39, 0.29) is 47.8 Å². The summed E-state index contributed by atoms with van der Waals surface area (Å²) >= 11 is 0. The zero-order chi connectivity index (χ0) is 34.6. The fraction of sp³-hybridized carbons (Fsp3) is 0.558. The Kier molecular flexibility index (Phi) is 20.5. The van der Waals surface area contributed by atoms with Crippen LogP contribution in [0.2, 0.25) is 0 Å². The van der Waals surface area contributed by atoms with Gasteiger partial charge in [-0.2, -0.15) is 0 Å². The smallest absolute Gasteiger partial charge is 0.261 e. The minimum absolute atomic E-state index is 0. The number of amides is 2. The highest BCUT2D eigenvalue weighted by Crippen LogP contribution is 2.33. The van der Waals surface area contributed by atoms with Crippen molar-refractivity contribution in [2.45, 2.75) is 149 Å². The third-order valence-corrected chi connectivity index (χ3v) is 9.12. The van der Waals surface area contributed by atoms with Crippen LogP contribution >= 0.6 is 0 Å². The molecule has 2 aromatic carbocycles. The van der Waals surface area contributed by atoms with Gasteiger partial charge in [0.05, 0.1) is 6.61 Å². The van der Waals surface area contributed by atoms with Crippen LogP contribution in [0.5, 0.6) is 5.75 Å². The molecule has 0 fully saturated rings. The van der Waals surface area contributed by atoms with Gasteiger partial charge in [-0.25, -0.2) is 4.57 Å². The summed E-state index contributed by atoms with van der Waals surface area (Å²) in [4.78, 5) is 29.4. The average Bonchev–Trinajstić information content (AvgIpc) is 3.09. The molecule has 0 bridgehead atoms. The van der Waals surface area contributed by atoms with Gasteiger partial charge >= 0.3 is 0 Å². The molecule has 3 aromatic rings. The summed E-state index contributed by atoms with van der Waals surface area (Å²) in [6, 6.07) is 20.7. The molecule has 0 atom stereocenters. The highest BCUT2D eigenvalue weighted by molar-refractivity contribution is 6.10. The minimum atomic E-state index is -0.306. The number of carbonyl (C=O) groups excluding carboxylic acids is 2. The molecular formula is C43H63IN2O3. The van der Waals surface area contributed by atoms with Crippen molar-refractivity contribution < 1.29 is 42.9 Å². The maximum Gasteiger partial charge on any atom is 0.261 e. The number of unbranched alkanes of at least 4 members (excludes halogenated alkanes) is 13. The summed E-state index contributed by atoms with van der Waals surface area (Å²) < 4.78 is 8.44. The molecule has 3 rings (SSSR count). The monoisotopic (exact) mass is 782 g/mol. The van der Waals surface area contributed by atoms with Crippen molar-refractivity contribution in [2.75, 3.05) is 6.61 Å². The summed E-state index contributed by atoms with van der Waals surface area (Å²) in [6.45, 7) is 12.5. The van der Waals surface area contributed by atoms with Crippen LogP contribution < -0.4 is 33.3 Å². The largest absolute Gasteiger partial charge is 1.00 e. The zero-order valence-corrected chi connectivity index (χ0v) is 33.3. The lowest BCUT2D eigenvalue weighted by molar-refractivity contribution is -0.704. The Labute approximate surface area is 315 Å². The number of aryl methyl sites for hydroxylation is 1. The summed E-state index contributed by atoms with van der Waals surface area (Å²) in [6.07, 6.45) is 21.6. The predicted octanol–water partition coefficient (Wildman–Crippen LogP) is 8.03. The van der Waals surface area contributed by atoms with Crippen molar-refractivity contribution in [2.24, 2.45) is 0 Å². The lowest BCUT2D eigenvalue weighted by Gasteiger charge is -2.25. The minimum Gasteiger partial charge on any atom is -1.00 e. The lowest BCUT2D eigenvalue weighted by atomic mass is 9.85. The van der Waals surface area contributed by atoms with Crippen LogP contribution in [0.3, 0.4) is 0 Å². The first-order chi connectivity index (χ1) is 23.3. The number of hydrogen-bond acceptors (Lipinski definition) is 3. The van der Waals surface area contributed by atoms with Gasteiger partial charge < -0.3 is 28.7 Å².